The van der Waals surface area contributed by atoms with Crippen molar-refractivity contribution >= 4 is 27.9 Å². The Bertz CT molecular complexity index is 897. The van der Waals surface area contributed by atoms with Gasteiger partial charge in [0.1, 0.15) is 12.1 Å². The third kappa shape index (κ3) is 2.63. The number of fused-ring (bicyclic) bond motifs is 1. The molecule has 0 unspecified atom stereocenters. The molecule has 24 heavy (non-hydrogen) atoms. The quantitative estimate of drug-likeness (QED) is 0.599. The molecule has 1 aliphatic rings. The highest BCUT2D eigenvalue weighted by Gasteiger charge is 2.34. The van der Waals surface area contributed by atoms with E-state index in [1.54, 1.807) is 0 Å². The molecule has 3 nitrogen and oxygen atoms in total. The van der Waals surface area contributed by atoms with E-state index in [4.69, 9.17) is 0 Å². The van der Waals surface area contributed by atoms with E-state index in [1.165, 1.54) is 0 Å². The second-order valence-electron chi connectivity index (χ2n) is 5.79. The van der Waals surface area contributed by atoms with Crippen LogP contribution in [0.5, 0.6) is 0 Å². The average Bonchev–Trinajstić information content (AvgIpc) is 3.10. The van der Waals surface area contributed by atoms with Gasteiger partial charge in [0.2, 0.25) is 0 Å². The molecule has 2 aromatic carbocycles. The number of halogens is 1. The predicted molar refractivity (Wildman–Crippen MR) is 98.7 cm³/mol. The summed E-state index contributed by atoms with van der Waals surface area (Å²) < 4.78 is 2.98. The summed E-state index contributed by atoms with van der Waals surface area (Å²) >= 11 is 3.42. The van der Waals surface area contributed by atoms with Crippen LogP contribution in [0, 0.1) is 0 Å². The molecule has 0 aliphatic carbocycles. The molecule has 0 spiro atoms. The zero-order chi connectivity index (χ0) is 16.5. The van der Waals surface area contributed by atoms with E-state index in [1.807, 2.05) is 83.7 Å². The Morgan fingerprint density at radius 2 is 1.71 bits per heavy atom. The van der Waals surface area contributed by atoms with E-state index in [0.29, 0.717) is 5.56 Å². The summed E-state index contributed by atoms with van der Waals surface area (Å²) in [5.41, 5.74) is 2.70. The molecule has 4 rings (SSSR count). The van der Waals surface area contributed by atoms with Crippen LogP contribution in [0.1, 0.15) is 33.7 Å². The lowest BCUT2D eigenvalue weighted by Crippen LogP contribution is -2.29. The summed E-state index contributed by atoms with van der Waals surface area (Å²) in [7, 11) is 0. The molecule has 0 saturated carbocycles. The molecule has 2 atom stereocenters. The lowest BCUT2D eigenvalue weighted by Gasteiger charge is -2.29. The van der Waals surface area contributed by atoms with Crippen molar-refractivity contribution in [3.05, 3.63) is 94.2 Å². The molecule has 1 aromatic heterocycles. The number of ketones is 1. The number of Topliss-reactive ketones (excluding diaryl/α,β-unsaturated/α-hetero) is 1. The minimum Gasteiger partial charge on any atom is -0.333 e. The first-order valence-corrected chi connectivity index (χ1v) is 8.58. The van der Waals surface area contributed by atoms with Crippen LogP contribution in [-0.4, -0.2) is 16.6 Å². The number of carbonyl (C=O) groups excluding carboxylic acids is 1. The Hall–Kier alpha value is -2.46. The predicted octanol–water partition coefficient (Wildman–Crippen LogP) is 4.85. The van der Waals surface area contributed by atoms with Gasteiger partial charge in [0.25, 0.3) is 0 Å². The van der Waals surface area contributed by atoms with Crippen molar-refractivity contribution in [1.82, 2.24) is 4.57 Å². The van der Waals surface area contributed by atoms with Crippen LogP contribution >= 0.6 is 15.9 Å². The van der Waals surface area contributed by atoms with Crippen molar-refractivity contribution in [1.29, 1.82) is 0 Å². The Kier molecular flexibility index (Phi) is 3.90. The fourth-order valence-corrected chi connectivity index (χ4v) is 3.40. The lowest BCUT2D eigenvalue weighted by molar-refractivity contribution is 0.0905. The molecule has 0 radical (unpaired) electrons. The van der Waals surface area contributed by atoms with Gasteiger partial charge in [-0.2, -0.15) is 0 Å². The molecule has 0 fully saturated rings. The highest BCUT2D eigenvalue weighted by molar-refractivity contribution is 9.10. The van der Waals surface area contributed by atoms with E-state index >= 15 is 0 Å². The fourth-order valence-electron chi connectivity index (χ4n) is 3.13. The van der Waals surface area contributed by atoms with Gasteiger partial charge in [-0.15, -0.1) is 0 Å². The molecular weight excluding hydrogens is 364 g/mol. The molecule has 0 saturated heterocycles. The van der Waals surface area contributed by atoms with Crippen LogP contribution in [0.3, 0.4) is 0 Å². The van der Waals surface area contributed by atoms with Crippen molar-refractivity contribution in [2.75, 3.05) is 0 Å². The summed E-state index contributed by atoms with van der Waals surface area (Å²) in [4.78, 5) is 17.9. The second kappa shape index (κ2) is 6.21. The summed E-state index contributed by atoms with van der Waals surface area (Å²) in [6, 6.07) is 20.8. The first kappa shape index (κ1) is 15.1. The van der Waals surface area contributed by atoms with Crippen molar-refractivity contribution in [3.8, 4) is 0 Å². The van der Waals surface area contributed by atoms with Crippen LogP contribution in [0.4, 0.5) is 0 Å². The van der Waals surface area contributed by atoms with Crippen molar-refractivity contribution in [2.45, 2.75) is 12.1 Å². The standard InChI is InChI=1S/C20H15BrN2O/c21-16-10-8-15(9-11-16)20(24)19-18(14-5-2-1-3-6-14)22-13-17-7-4-12-23(17)19/h1-13,18-19H/t18-,19+/m1/s1. The molecule has 4 heteroatoms. The third-order valence-corrected chi connectivity index (χ3v) is 4.85. The Morgan fingerprint density at radius 3 is 2.46 bits per heavy atom. The SMILES string of the molecule is O=C(c1ccc(Br)cc1)[C@@H]1[C@@H](c2ccccc2)N=Cc2cccn21. The van der Waals surface area contributed by atoms with Gasteiger partial charge in [0.05, 0.1) is 5.69 Å². The number of benzene rings is 2. The number of carbonyl (C=O) groups is 1. The second-order valence-corrected chi connectivity index (χ2v) is 6.71. The smallest absolute Gasteiger partial charge is 0.188 e. The number of hydrogen-bond acceptors (Lipinski definition) is 2. The third-order valence-electron chi connectivity index (χ3n) is 4.32. The van der Waals surface area contributed by atoms with Crippen molar-refractivity contribution in [2.24, 2.45) is 4.99 Å². The average molecular weight is 379 g/mol. The first-order chi connectivity index (χ1) is 11.7. The lowest BCUT2D eigenvalue weighted by atomic mass is 9.91. The first-order valence-electron chi connectivity index (χ1n) is 7.79. The molecule has 1 aliphatic heterocycles. The zero-order valence-corrected chi connectivity index (χ0v) is 14.4. The van der Waals surface area contributed by atoms with E-state index in [2.05, 4.69) is 20.9 Å². The van der Waals surface area contributed by atoms with Crippen molar-refractivity contribution in [3.63, 3.8) is 0 Å². The number of nitrogens with zero attached hydrogens (tertiary/aromatic N) is 2. The molecule has 118 valence electrons. The molecular formula is C20H15BrN2O. The van der Waals surface area contributed by atoms with E-state index in [9.17, 15) is 4.79 Å². The molecule has 0 N–H and O–H groups in total. The topological polar surface area (TPSA) is 34.4 Å². The zero-order valence-electron chi connectivity index (χ0n) is 12.8. The summed E-state index contributed by atoms with van der Waals surface area (Å²) in [6.45, 7) is 0. The minimum absolute atomic E-state index is 0.0747. The normalized spacial score (nSPS) is 19.0. The largest absolute Gasteiger partial charge is 0.333 e. The van der Waals surface area contributed by atoms with Gasteiger partial charge in [-0.25, -0.2) is 0 Å². The van der Waals surface area contributed by atoms with Gasteiger partial charge in [-0.05, 0) is 29.8 Å². The van der Waals surface area contributed by atoms with Gasteiger partial charge in [0, 0.05) is 22.4 Å². The van der Waals surface area contributed by atoms with Crippen molar-refractivity contribution < 1.29 is 4.79 Å². The maximum Gasteiger partial charge on any atom is 0.188 e. The fraction of sp³-hybridized carbons (Fsp3) is 0.100. The van der Waals surface area contributed by atoms with E-state index < -0.39 is 0 Å². The number of aromatic nitrogens is 1. The molecule has 0 bridgehead atoms. The highest BCUT2D eigenvalue weighted by Crippen LogP contribution is 2.36. The summed E-state index contributed by atoms with van der Waals surface area (Å²) in [6.07, 6.45) is 3.81. The van der Waals surface area contributed by atoms with Crippen LogP contribution < -0.4 is 0 Å². The van der Waals surface area contributed by atoms with Crippen LogP contribution in [0.15, 0.2) is 82.4 Å². The minimum atomic E-state index is -0.372. The number of hydrogen-bond donors (Lipinski definition) is 0. The van der Waals surface area contributed by atoms with Crippen LogP contribution in [0.25, 0.3) is 0 Å². The maximum atomic E-state index is 13.2. The Labute approximate surface area is 148 Å². The monoisotopic (exact) mass is 378 g/mol. The van der Waals surface area contributed by atoms with Gasteiger partial charge in [-0.1, -0.05) is 58.4 Å². The summed E-state index contributed by atoms with van der Waals surface area (Å²) in [5, 5.41) is 0. The van der Waals surface area contributed by atoms with Crippen LogP contribution in [0.2, 0.25) is 0 Å². The van der Waals surface area contributed by atoms with E-state index in [-0.39, 0.29) is 17.9 Å². The Morgan fingerprint density at radius 1 is 0.958 bits per heavy atom. The number of aliphatic imine (C=N–C) groups is 1. The van der Waals surface area contributed by atoms with Gasteiger partial charge < -0.3 is 4.57 Å². The molecule has 3 aromatic rings. The highest BCUT2D eigenvalue weighted by atomic mass is 79.9. The molecule has 2 heterocycles. The summed E-state index contributed by atoms with van der Waals surface area (Å²) in [5.74, 6) is 0.0747. The van der Waals surface area contributed by atoms with Gasteiger partial charge in [0.15, 0.2) is 5.78 Å². The van der Waals surface area contributed by atoms with Crippen LogP contribution in [-0.2, 0) is 0 Å². The van der Waals surface area contributed by atoms with Gasteiger partial charge >= 0.3 is 0 Å². The van der Waals surface area contributed by atoms with E-state index in [0.717, 1.165) is 15.7 Å². The maximum absolute atomic E-state index is 13.2. The molecule has 0 amide bonds. The number of rotatable bonds is 3. The van der Waals surface area contributed by atoms with Gasteiger partial charge in [-0.3, -0.25) is 9.79 Å². The Balaban J connectivity index is 1.80.